The minimum absolute atomic E-state index is 0.170. The first kappa shape index (κ1) is 26.2. The van der Waals surface area contributed by atoms with Crippen molar-refractivity contribution in [2.75, 3.05) is 39.3 Å². The van der Waals surface area contributed by atoms with E-state index in [1.54, 1.807) is 0 Å². The number of nitrogens with zero attached hydrogens (tertiary/aromatic N) is 5. The fourth-order valence-corrected chi connectivity index (χ4v) is 5.44. The Kier molecular flexibility index (Phi) is 7.62. The third kappa shape index (κ3) is 5.50. The quantitative estimate of drug-likeness (QED) is 0.288. The summed E-state index contributed by atoms with van der Waals surface area (Å²) in [6, 6.07) is 20.3. The van der Waals surface area contributed by atoms with Gasteiger partial charge in [0.15, 0.2) is 0 Å². The van der Waals surface area contributed by atoms with Crippen molar-refractivity contribution in [2.24, 2.45) is 0 Å². The molecule has 8 heteroatoms. The Morgan fingerprint density at radius 1 is 0.875 bits per heavy atom. The van der Waals surface area contributed by atoms with Crippen LogP contribution < -0.4 is 10.3 Å². The minimum atomic E-state index is -0.170. The summed E-state index contributed by atoms with van der Waals surface area (Å²) in [5.41, 5.74) is 5.35. The Labute approximate surface area is 234 Å². The maximum absolute atomic E-state index is 13.4. The monoisotopic (exact) mass is 536 g/mol. The predicted octanol–water partition coefficient (Wildman–Crippen LogP) is 4.91. The number of benzene rings is 3. The molecule has 0 spiro atoms. The van der Waals surface area contributed by atoms with Crippen molar-refractivity contribution in [1.82, 2.24) is 29.3 Å². The van der Waals surface area contributed by atoms with Gasteiger partial charge in [-0.2, -0.15) is 0 Å². The number of nitrogens with one attached hydrogen (secondary N) is 1. The van der Waals surface area contributed by atoms with Gasteiger partial charge in [0, 0.05) is 39.3 Å². The molecule has 1 aliphatic rings. The van der Waals surface area contributed by atoms with E-state index in [0.717, 1.165) is 68.0 Å². The van der Waals surface area contributed by atoms with Crippen LogP contribution in [0.1, 0.15) is 31.4 Å². The Hall–Kier alpha value is -4.01. The van der Waals surface area contributed by atoms with Gasteiger partial charge in [0.1, 0.15) is 11.6 Å². The highest BCUT2D eigenvalue weighted by molar-refractivity contribution is 5.93. The molecule has 0 bridgehead atoms. The van der Waals surface area contributed by atoms with Crippen molar-refractivity contribution in [2.45, 2.75) is 33.4 Å². The normalized spacial score (nSPS) is 14.8. The van der Waals surface area contributed by atoms with Gasteiger partial charge in [0.2, 0.25) is 0 Å². The molecule has 2 aromatic heterocycles. The second-order valence-electron chi connectivity index (χ2n) is 10.5. The predicted molar refractivity (Wildman–Crippen MR) is 160 cm³/mol. The zero-order chi connectivity index (χ0) is 27.5. The molecular formula is C32H36N6O2. The Bertz CT molecular complexity index is 1670. The molecule has 5 aromatic rings. The van der Waals surface area contributed by atoms with Gasteiger partial charge in [-0.1, -0.05) is 50.2 Å². The van der Waals surface area contributed by atoms with Gasteiger partial charge in [0.25, 0.3) is 5.56 Å². The molecule has 206 valence electrons. The van der Waals surface area contributed by atoms with Crippen LogP contribution in [0.3, 0.4) is 0 Å². The summed E-state index contributed by atoms with van der Waals surface area (Å²) in [6.45, 7) is 11.8. The molecule has 0 radical (unpaired) electrons. The van der Waals surface area contributed by atoms with Gasteiger partial charge < -0.3 is 19.2 Å². The molecule has 0 atom stereocenters. The third-order valence-electron chi connectivity index (χ3n) is 7.72. The van der Waals surface area contributed by atoms with E-state index in [4.69, 9.17) is 9.72 Å². The molecule has 0 unspecified atom stereocenters. The van der Waals surface area contributed by atoms with E-state index in [9.17, 15) is 4.79 Å². The first-order valence-electron chi connectivity index (χ1n) is 14.2. The number of H-pyrrole nitrogens is 1. The third-order valence-corrected chi connectivity index (χ3v) is 7.72. The maximum atomic E-state index is 13.4. The van der Waals surface area contributed by atoms with Crippen LogP contribution in [-0.2, 0) is 13.1 Å². The number of piperazine rings is 1. The van der Waals surface area contributed by atoms with Gasteiger partial charge in [-0.25, -0.2) is 9.97 Å². The molecular weight excluding hydrogens is 500 g/mol. The van der Waals surface area contributed by atoms with Crippen molar-refractivity contribution in [3.05, 3.63) is 88.5 Å². The second-order valence-corrected chi connectivity index (χ2v) is 10.5. The smallest absolute Gasteiger partial charge is 0.259 e. The number of imidazole rings is 1. The molecule has 3 heterocycles. The van der Waals surface area contributed by atoms with Crippen LogP contribution in [-0.4, -0.2) is 68.6 Å². The molecule has 1 aliphatic heterocycles. The topological polar surface area (TPSA) is 79.3 Å². The molecule has 40 heavy (non-hydrogen) atoms. The Balaban J connectivity index is 1.35. The van der Waals surface area contributed by atoms with Crippen LogP contribution in [0.4, 0.5) is 0 Å². The molecule has 0 saturated carbocycles. The van der Waals surface area contributed by atoms with E-state index in [1.165, 1.54) is 11.1 Å². The summed E-state index contributed by atoms with van der Waals surface area (Å²) in [6.07, 6.45) is 2.72. The lowest BCUT2D eigenvalue weighted by Crippen LogP contribution is -2.45. The fraction of sp³-hybridized carbons (Fsp3) is 0.344. The van der Waals surface area contributed by atoms with Gasteiger partial charge in [0.05, 0.1) is 40.4 Å². The van der Waals surface area contributed by atoms with Crippen molar-refractivity contribution in [3.63, 3.8) is 0 Å². The summed E-state index contributed by atoms with van der Waals surface area (Å²) in [4.78, 5) is 31.0. The molecule has 0 aliphatic carbocycles. The van der Waals surface area contributed by atoms with Crippen molar-refractivity contribution in [1.29, 1.82) is 0 Å². The molecule has 1 fully saturated rings. The molecule has 6 rings (SSSR count). The zero-order valence-electron chi connectivity index (χ0n) is 23.3. The zero-order valence-corrected chi connectivity index (χ0v) is 23.3. The van der Waals surface area contributed by atoms with Crippen molar-refractivity contribution >= 4 is 21.9 Å². The van der Waals surface area contributed by atoms with Crippen LogP contribution in [0.15, 0.2) is 71.8 Å². The van der Waals surface area contributed by atoms with Crippen LogP contribution in [0.5, 0.6) is 5.75 Å². The number of fused-ring (bicyclic) bond motifs is 2. The first-order chi connectivity index (χ1) is 19.6. The highest BCUT2D eigenvalue weighted by Gasteiger charge is 2.18. The summed E-state index contributed by atoms with van der Waals surface area (Å²) in [7, 11) is 0. The van der Waals surface area contributed by atoms with Gasteiger partial charge >= 0.3 is 0 Å². The van der Waals surface area contributed by atoms with E-state index < -0.39 is 0 Å². The van der Waals surface area contributed by atoms with Crippen LogP contribution >= 0.6 is 0 Å². The Morgan fingerprint density at radius 2 is 1.68 bits per heavy atom. The number of ether oxygens (including phenoxy) is 1. The SMILES string of the molecule is CCCOc1ccc(CN2CCN(CC)CC2)cc1-c1nc2cc3ncn(Cc4ccccc4)c3cc2c(=O)[nH]1. The van der Waals surface area contributed by atoms with Gasteiger partial charge in [-0.05, 0) is 48.4 Å². The summed E-state index contributed by atoms with van der Waals surface area (Å²) in [5.74, 6) is 1.25. The molecule has 1 N–H and O–H groups in total. The van der Waals surface area contributed by atoms with E-state index in [-0.39, 0.29) is 5.56 Å². The highest BCUT2D eigenvalue weighted by Crippen LogP contribution is 2.30. The average Bonchev–Trinajstić information content (AvgIpc) is 3.37. The number of likely N-dealkylation sites (N-methyl/N-ethyl adjacent to an activating group) is 1. The maximum Gasteiger partial charge on any atom is 0.259 e. The largest absolute Gasteiger partial charge is 0.493 e. The number of rotatable bonds is 9. The number of aromatic nitrogens is 4. The molecule has 0 amide bonds. The first-order valence-corrected chi connectivity index (χ1v) is 14.2. The highest BCUT2D eigenvalue weighted by atomic mass is 16.5. The van der Waals surface area contributed by atoms with E-state index >= 15 is 0 Å². The van der Waals surface area contributed by atoms with Crippen LogP contribution in [0, 0.1) is 0 Å². The van der Waals surface area contributed by atoms with Crippen LogP contribution in [0.25, 0.3) is 33.3 Å². The lowest BCUT2D eigenvalue weighted by molar-refractivity contribution is 0.132. The van der Waals surface area contributed by atoms with Crippen molar-refractivity contribution < 1.29 is 4.74 Å². The summed E-state index contributed by atoms with van der Waals surface area (Å²) >= 11 is 0. The van der Waals surface area contributed by atoms with E-state index in [1.807, 2.05) is 42.7 Å². The Morgan fingerprint density at radius 3 is 2.45 bits per heavy atom. The van der Waals surface area contributed by atoms with Crippen molar-refractivity contribution in [3.8, 4) is 17.1 Å². The molecule has 8 nitrogen and oxygen atoms in total. The second kappa shape index (κ2) is 11.6. The molecule has 1 saturated heterocycles. The lowest BCUT2D eigenvalue weighted by Gasteiger charge is -2.34. The average molecular weight is 537 g/mol. The summed E-state index contributed by atoms with van der Waals surface area (Å²) in [5, 5.41) is 0.548. The lowest BCUT2D eigenvalue weighted by atomic mass is 10.1. The van der Waals surface area contributed by atoms with E-state index in [0.29, 0.717) is 29.9 Å². The van der Waals surface area contributed by atoms with Crippen LogP contribution in [0.2, 0.25) is 0 Å². The van der Waals surface area contributed by atoms with Gasteiger partial charge in [-0.3, -0.25) is 9.69 Å². The fourth-order valence-electron chi connectivity index (χ4n) is 5.44. The number of hydrogen-bond donors (Lipinski definition) is 1. The molecule has 3 aromatic carbocycles. The standard InChI is InChI=1S/C32H36N6O2/c1-3-16-40-30-11-10-24(20-37-14-12-36(4-2)13-15-37)17-26(30)31-34-27-19-28-29(18-25(27)32(39)35-31)38(22-33-28)21-23-8-6-5-7-9-23/h5-11,17-19,22H,3-4,12-16,20-21H2,1-2H3,(H,34,35,39). The minimum Gasteiger partial charge on any atom is -0.493 e. The number of hydrogen-bond acceptors (Lipinski definition) is 6. The number of aromatic amines is 1. The van der Waals surface area contributed by atoms with Gasteiger partial charge in [-0.15, -0.1) is 0 Å². The van der Waals surface area contributed by atoms with E-state index in [2.05, 4.69) is 62.4 Å². The summed E-state index contributed by atoms with van der Waals surface area (Å²) < 4.78 is 8.17.